The lowest BCUT2D eigenvalue weighted by molar-refractivity contribution is 0.112. The van der Waals surface area contributed by atoms with Gasteiger partial charge >= 0.3 is 0 Å². The number of nitrogens with zero attached hydrogens (tertiary/aromatic N) is 1. The van der Waals surface area contributed by atoms with Gasteiger partial charge in [0.15, 0.2) is 0 Å². The second-order valence-electron chi connectivity index (χ2n) is 5.26. The van der Waals surface area contributed by atoms with Crippen molar-refractivity contribution in [1.82, 2.24) is 4.90 Å². The Hall–Kier alpha value is -1.01. The van der Waals surface area contributed by atoms with Crippen LogP contribution in [0.2, 0.25) is 5.02 Å². The largest absolute Gasteiger partial charge is 0.393 e. The van der Waals surface area contributed by atoms with Gasteiger partial charge in [0.25, 0.3) is 0 Å². The monoisotopic (exact) mass is 277 g/mol. The number of benzene rings is 1. The Labute approximate surface area is 120 Å². The maximum absolute atomic E-state index is 9.79. The van der Waals surface area contributed by atoms with Gasteiger partial charge in [0.1, 0.15) is 0 Å². The van der Waals surface area contributed by atoms with Crippen LogP contribution in [0, 0.1) is 17.8 Å². The Bertz CT molecular complexity index is 460. The van der Waals surface area contributed by atoms with Crippen LogP contribution in [0.4, 0.5) is 0 Å². The first-order valence-corrected chi connectivity index (χ1v) is 7.14. The molecule has 1 aromatic rings. The molecule has 1 fully saturated rings. The van der Waals surface area contributed by atoms with Gasteiger partial charge < -0.3 is 5.11 Å². The van der Waals surface area contributed by atoms with Crippen molar-refractivity contribution in [2.24, 2.45) is 5.92 Å². The molecule has 2 unspecified atom stereocenters. The Morgan fingerprint density at radius 2 is 2.05 bits per heavy atom. The highest BCUT2D eigenvalue weighted by molar-refractivity contribution is 6.30. The van der Waals surface area contributed by atoms with Gasteiger partial charge in [-0.1, -0.05) is 29.9 Å². The lowest BCUT2D eigenvalue weighted by atomic mass is 10.1. The van der Waals surface area contributed by atoms with Crippen molar-refractivity contribution in [1.29, 1.82) is 0 Å². The van der Waals surface area contributed by atoms with E-state index in [-0.39, 0.29) is 6.10 Å². The summed E-state index contributed by atoms with van der Waals surface area (Å²) in [6.45, 7) is 1.66. The van der Waals surface area contributed by atoms with E-state index in [1.807, 2.05) is 24.3 Å². The predicted octanol–water partition coefficient (Wildman–Crippen LogP) is 2.78. The van der Waals surface area contributed by atoms with Crippen LogP contribution in [0.1, 0.15) is 24.8 Å². The molecule has 0 amide bonds. The smallest absolute Gasteiger partial charge is 0.0602 e. The summed E-state index contributed by atoms with van der Waals surface area (Å²) < 4.78 is 0. The van der Waals surface area contributed by atoms with Gasteiger partial charge in [0.05, 0.1) is 12.6 Å². The minimum Gasteiger partial charge on any atom is -0.393 e. The minimum atomic E-state index is -0.119. The zero-order valence-electron chi connectivity index (χ0n) is 11.3. The Balaban J connectivity index is 1.80. The molecule has 2 nitrogen and oxygen atoms in total. The van der Waals surface area contributed by atoms with Crippen molar-refractivity contribution >= 4 is 11.6 Å². The summed E-state index contributed by atoms with van der Waals surface area (Å²) in [6.07, 6.45) is 3.12. The molecule has 1 aliphatic rings. The van der Waals surface area contributed by atoms with E-state index in [1.165, 1.54) is 0 Å². The third kappa shape index (κ3) is 4.54. The molecular formula is C16H20ClNO. The zero-order chi connectivity index (χ0) is 13.7. The fourth-order valence-corrected chi connectivity index (χ4v) is 2.63. The standard InChI is InChI=1S/C16H20ClNO/c1-18(12-14-5-2-6-16(14)19)11-3-4-13-7-9-15(17)10-8-13/h7-10,14,16,19H,2,5-6,11-12H2,1H3. The molecule has 0 aromatic heterocycles. The van der Waals surface area contributed by atoms with E-state index in [4.69, 9.17) is 11.6 Å². The van der Waals surface area contributed by atoms with Crippen LogP contribution in [0.15, 0.2) is 24.3 Å². The van der Waals surface area contributed by atoms with Crippen molar-refractivity contribution in [3.8, 4) is 11.8 Å². The molecule has 19 heavy (non-hydrogen) atoms. The van der Waals surface area contributed by atoms with Gasteiger partial charge in [0, 0.05) is 17.1 Å². The van der Waals surface area contributed by atoms with E-state index in [0.29, 0.717) is 5.92 Å². The van der Waals surface area contributed by atoms with Gasteiger partial charge in [-0.3, -0.25) is 4.90 Å². The molecule has 102 valence electrons. The van der Waals surface area contributed by atoms with Crippen molar-refractivity contribution in [2.75, 3.05) is 20.1 Å². The van der Waals surface area contributed by atoms with Crippen LogP contribution in [-0.2, 0) is 0 Å². The summed E-state index contributed by atoms with van der Waals surface area (Å²) >= 11 is 5.82. The number of halogens is 1. The number of hydrogen-bond acceptors (Lipinski definition) is 2. The van der Waals surface area contributed by atoms with E-state index in [9.17, 15) is 5.11 Å². The number of hydrogen-bond donors (Lipinski definition) is 1. The van der Waals surface area contributed by atoms with E-state index >= 15 is 0 Å². The van der Waals surface area contributed by atoms with Crippen LogP contribution in [0.3, 0.4) is 0 Å². The average Bonchev–Trinajstić information content (AvgIpc) is 2.78. The van der Waals surface area contributed by atoms with Gasteiger partial charge in [-0.15, -0.1) is 0 Å². The molecule has 1 aliphatic carbocycles. The molecule has 0 spiro atoms. The van der Waals surface area contributed by atoms with Gasteiger partial charge in [-0.2, -0.15) is 0 Å². The van der Waals surface area contributed by atoms with Crippen molar-refractivity contribution in [3.63, 3.8) is 0 Å². The highest BCUT2D eigenvalue weighted by Gasteiger charge is 2.25. The summed E-state index contributed by atoms with van der Waals surface area (Å²) in [5, 5.41) is 10.5. The van der Waals surface area contributed by atoms with Gasteiger partial charge in [0.2, 0.25) is 0 Å². The lowest BCUT2D eigenvalue weighted by Gasteiger charge is -2.20. The number of aliphatic hydroxyl groups is 1. The molecule has 0 bridgehead atoms. The van der Waals surface area contributed by atoms with Crippen molar-refractivity contribution in [2.45, 2.75) is 25.4 Å². The first-order chi connectivity index (χ1) is 9.15. The molecule has 0 heterocycles. The van der Waals surface area contributed by atoms with E-state index in [2.05, 4.69) is 23.8 Å². The van der Waals surface area contributed by atoms with E-state index in [1.54, 1.807) is 0 Å². The number of aliphatic hydroxyl groups excluding tert-OH is 1. The first-order valence-electron chi connectivity index (χ1n) is 6.76. The summed E-state index contributed by atoms with van der Waals surface area (Å²) in [7, 11) is 2.06. The molecule has 1 N–H and O–H groups in total. The zero-order valence-corrected chi connectivity index (χ0v) is 12.0. The summed E-state index contributed by atoms with van der Waals surface area (Å²) in [5.41, 5.74) is 0.985. The van der Waals surface area contributed by atoms with E-state index < -0.39 is 0 Å². The molecule has 1 aromatic carbocycles. The molecule has 3 heteroatoms. The molecule has 1 saturated carbocycles. The van der Waals surface area contributed by atoms with Crippen LogP contribution in [0.5, 0.6) is 0 Å². The maximum atomic E-state index is 9.79. The normalized spacial score (nSPS) is 22.3. The van der Waals surface area contributed by atoms with Crippen LogP contribution in [0.25, 0.3) is 0 Å². The Morgan fingerprint density at radius 1 is 1.32 bits per heavy atom. The second kappa shape index (κ2) is 6.96. The van der Waals surface area contributed by atoms with Crippen LogP contribution in [-0.4, -0.2) is 36.2 Å². The molecule has 0 saturated heterocycles. The van der Waals surface area contributed by atoms with Crippen LogP contribution < -0.4 is 0 Å². The first kappa shape index (κ1) is 14.4. The number of rotatable bonds is 3. The Kier molecular flexibility index (Phi) is 5.27. The SMILES string of the molecule is CN(CC#Cc1ccc(Cl)cc1)CC1CCCC1O. The summed E-state index contributed by atoms with van der Waals surface area (Å²) in [6, 6.07) is 7.56. The fraction of sp³-hybridized carbons (Fsp3) is 0.500. The predicted molar refractivity (Wildman–Crippen MR) is 79.2 cm³/mol. The van der Waals surface area contributed by atoms with E-state index in [0.717, 1.165) is 42.9 Å². The molecule has 0 radical (unpaired) electrons. The van der Waals surface area contributed by atoms with Crippen molar-refractivity contribution < 1.29 is 5.11 Å². The van der Waals surface area contributed by atoms with Gasteiger partial charge in [-0.25, -0.2) is 0 Å². The second-order valence-corrected chi connectivity index (χ2v) is 5.70. The fourth-order valence-electron chi connectivity index (χ4n) is 2.50. The Morgan fingerprint density at radius 3 is 2.68 bits per heavy atom. The average molecular weight is 278 g/mol. The third-order valence-corrected chi connectivity index (χ3v) is 3.84. The molecule has 2 rings (SSSR count). The third-order valence-electron chi connectivity index (χ3n) is 3.59. The minimum absolute atomic E-state index is 0.119. The summed E-state index contributed by atoms with van der Waals surface area (Å²) in [4.78, 5) is 2.18. The van der Waals surface area contributed by atoms with Crippen LogP contribution >= 0.6 is 11.6 Å². The quantitative estimate of drug-likeness (QED) is 0.859. The highest BCUT2D eigenvalue weighted by Crippen LogP contribution is 2.25. The molecular weight excluding hydrogens is 258 g/mol. The lowest BCUT2D eigenvalue weighted by Crippen LogP contribution is -2.30. The highest BCUT2D eigenvalue weighted by atomic mass is 35.5. The topological polar surface area (TPSA) is 23.5 Å². The molecule has 2 atom stereocenters. The maximum Gasteiger partial charge on any atom is 0.0602 e. The van der Waals surface area contributed by atoms with Crippen molar-refractivity contribution in [3.05, 3.63) is 34.9 Å². The summed E-state index contributed by atoms with van der Waals surface area (Å²) in [5.74, 6) is 6.71. The molecule has 0 aliphatic heterocycles. The van der Waals surface area contributed by atoms with Gasteiger partial charge in [-0.05, 0) is 50.1 Å².